The summed E-state index contributed by atoms with van der Waals surface area (Å²) in [6.45, 7) is 5.88. The third kappa shape index (κ3) is 1.40. The van der Waals surface area contributed by atoms with Crippen molar-refractivity contribution >= 4 is 0 Å². The van der Waals surface area contributed by atoms with Crippen molar-refractivity contribution in [3.8, 4) is 0 Å². The molecule has 11 heavy (non-hydrogen) atoms. The monoisotopic (exact) mass is 162 g/mol. The van der Waals surface area contributed by atoms with Crippen molar-refractivity contribution in [2.45, 2.75) is 46.0 Å². The summed E-state index contributed by atoms with van der Waals surface area (Å²) < 4.78 is 25.6. The van der Waals surface area contributed by atoms with E-state index in [1.165, 1.54) is 0 Å². The highest BCUT2D eigenvalue weighted by atomic mass is 19.3. The van der Waals surface area contributed by atoms with Gasteiger partial charge in [-0.1, -0.05) is 20.8 Å². The largest absolute Gasteiger partial charge is 0.254 e. The van der Waals surface area contributed by atoms with Crippen LogP contribution in [0.4, 0.5) is 8.78 Å². The molecule has 0 aliphatic heterocycles. The Bertz CT molecular complexity index is 152. The maximum atomic E-state index is 12.8. The molecule has 0 bridgehead atoms. The molecule has 66 valence electrons. The Kier molecular flexibility index (Phi) is 1.97. The predicted octanol–water partition coefficient (Wildman–Crippen LogP) is 3.47. The van der Waals surface area contributed by atoms with Crippen molar-refractivity contribution in [1.82, 2.24) is 0 Å². The lowest BCUT2D eigenvalue weighted by Crippen LogP contribution is -2.12. The SMILES string of the molecule is CCC1(CC(C)C)CC1(F)F. The van der Waals surface area contributed by atoms with Gasteiger partial charge in [0, 0.05) is 11.8 Å². The van der Waals surface area contributed by atoms with Crippen LogP contribution in [0.15, 0.2) is 0 Å². The van der Waals surface area contributed by atoms with Crippen molar-refractivity contribution in [3.05, 3.63) is 0 Å². The van der Waals surface area contributed by atoms with Crippen LogP contribution in [0.5, 0.6) is 0 Å². The quantitative estimate of drug-likeness (QED) is 0.596. The maximum absolute atomic E-state index is 12.8. The zero-order chi connectivity index (χ0) is 8.70. The number of rotatable bonds is 3. The van der Waals surface area contributed by atoms with E-state index >= 15 is 0 Å². The Morgan fingerprint density at radius 2 is 1.82 bits per heavy atom. The molecule has 0 aromatic carbocycles. The highest BCUT2D eigenvalue weighted by Crippen LogP contribution is 2.65. The molecule has 0 spiro atoms. The summed E-state index contributed by atoms with van der Waals surface area (Å²) in [6, 6.07) is 0. The number of hydrogen-bond acceptors (Lipinski definition) is 0. The van der Waals surface area contributed by atoms with E-state index in [0.717, 1.165) is 0 Å². The third-order valence-electron chi connectivity index (χ3n) is 2.69. The molecule has 1 fully saturated rings. The van der Waals surface area contributed by atoms with Gasteiger partial charge in [-0.05, 0) is 18.8 Å². The van der Waals surface area contributed by atoms with Crippen molar-refractivity contribution in [2.24, 2.45) is 11.3 Å². The number of alkyl halides is 2. The minimum Gasteiger partial charge on any atom is -0.206 e. The molecule has 1 saturated carbocycles. The molecule has 0 radical (unpaired) electrons. The van der Waals surface area contributed by atoms with Gasteiger partial charge in [-0.2, -0.15) is 0 Å². The zero-order valence-electron chi connectivity index (χ0n) is 7.45. The molecule has 1 aliphatic carbocycles. The number of halogens is 2. The molecular formula is C9H16F2. The van der Waals surface area contributed by atoms with Gasteiger partial charge in [-0.3, -0.25) is 0 Å². The van der Waals surface area contributed by atoms with Crippen molar-refractivity contribution in [2.75, 3.05) is 0 Å². The van der Waals surface area contributed by atoms with E-state index in [-0.39, 0.29) is 6.42 Å². The molecule has 0 heterocycles. The lowest BCUT2D eigenvalue weighted by Gasteiger charge is -2.15. The Morgan fingerprint density at radius 3 is 1.91 bits per heavy atom. The van der Waals surface area contributed by atoms with E-state index in [2.05, 4.69) is 0 Å². The Labute approximate surface area is 67.0 Å². The summed E-state index contributed by atoms with van der Waals surface area (Å²) in [5.41, 5.74) is -0.624. The van der Waals surface area contributed by atoms with Gasteiger partial charge in [0.05, 0.1) is 0 Å². The van der Waals surface area contributed by atoms with Gasteiger partial charge in [0.1, 0.15) is 0 Å². The summed E-state index contributed by atoms with van der Waals surface area (Å²) in [7, 11) is 0. The smallest absolute Gasteiger partial charge is 0.206 e. The van der Waals surface area contributed by atoms with Crippen LogP contribution in [-0.2, 0) is 0 Å². The van der Waals surface area contributed by atoms with Gasteiger partial charge in [0.25, 0.3) is 5.92 Å². The standard InChI is InChI=1S/C9H16F2/c1-4-8(5-7(2)3)6-9(8,10)11/h7H,4-6H2,1-3H3. The molecule has 1 atom stereocenters. The molecule has 1 unspecified atom stereocenters. The molecule has 1 aliphatic rings. The molecular weight excluding hydrogens is 146 g/mol. The summed E-state index contributed by atoms with van der Waals surface area (Å²) in [5, 5.41) is 0. The fourth-order valence-corrected chi connectivity index (χ4v) is 1.91. The Balaban J connectivity index is 2.53. The van der Waals surface area contributed by atoms with E-state index in [9.17, 15) is 8.78 Å². The summed E-state index contributed by atoms with van der Waals surface area (Å²) in [6.07, 6.45) is 1.42. The van der Waals surface area contributed by atoms with Crippen molar-refractivity contribution in [3.63, 3.8) is 0 Å². The molecule has 0 amide bonds. The summed E-state index contributed by atoms with van der Waals surface area (Å²) in [4.78, 5) is 0. The lowest BCUT2D eigenvalue weighted by molar-refractivity contribution is 0.0534. The fraction of sp³-hybridized carbons (Fsp3) is 1.00. The van der Waals surface area contributed by atoms with Gasteiger partial charge in [0.2, 0.25) is 0 Å². The maximum Gasteiger partial charge on any atom is 0.254 e. The molecule has 1 rings (SSSR count). The molecule has 0 nitrogen and oxygen atoms in total. The minimum absolute atomic E-state index is 0.120. The third-order valence-corrected chi connectivity index (χ3v) is 2.69. The van der Waals surface area contributed by atoms with E-state index in [0.29, 0.717) is 18.8 Å². The summed E-state index contributed by atoms with van der Waals surface area (Å²) in [5.74, 6) is -1.96. The average Bonchev–Trinajstić information content (AvgIpc) is 2.33. The van der Waals surface area contributed by atoms with Crippen molar-refractivity contribution < 1.29 is 8.78 Å². The first kappa shape index (κ1) is 8.95. The van der Waals surface area contributed by atoms with Crippen molar-refractivity contribution in [1.29, 1.82) is 0 Å². The first-order chi connectivity index (χ1) is 4.93. The van der Waals surface area contributed by atoms with E-state index in [4.69, 9.17) is 0 Å². The van der Waals surface area contributed by atoms with Gasteiger partial charge >= 0.3 is 0 Å². The van der Waals surface area contributed by atoms with Gasteiger partial charge in [-0.25, -0.2) is 8.78 Å². The fourth-order valence-electron chi connectivity index (χ4n) is 1.91. The highest BCUT2D eigenvalue weighted by Gasteiger charge is 2.69. The van der Waals surface area contributed by atoms with E-state index in [1.807, 2.05) is 20.8 Å². The topological polar surface area (TPSA) is 0 Å². The van der Waals surface area contributed by atoms with Crippen LogP contribution in [0, 0.1) is 11.3 Å². The molecule has 0 saturated heterocycles. The first-order valence-electron chi connectivity index (χ1n) is 4.31. The molecule has 0 N–H and O–H groups in total. The Morgan fingerprint density at radius 1 is 1.36 bits per heavy atom. The first-order valence-corrected chi connectivity index (χ1v) is 4.31. The predicted molar refractivity (Wildman–Crippen MR) is 41.7 cm³/mol. The zero-order valence-corrected chi connectivity index (χ0v) is 7.45. The second-order valence-electron chi connectivity index (χ2n) is 4.11. The molecule has 0 aromatic rings. The summed E-state index contributed by atoms with van der Waals surface area (Å²) >= 11 is 0. The second kappa shape index (κ2) is 2.43. The normalized spacial score (nSPS) is 34.4. The van der Waals surface area contributed by atoms with Crippen LogP contribution in [0.25, 0.3) is 0 Å². The van der Waals surface area contributed by atoms with Gasteiger partial charge in [0.15, 0.2) is 0 Å². The van der Waals surface area contributed by atoms with E-state index in [1.54, 1.807) is 0 Å². The average molecular weight is 162 g/mol. The minimum atomic E-state index is -2.36. The van der Waals surface area contributed by atoms with Crippen LogP contribution >= 0.6 is 0 Å². The Hall–Kier alpha value is -0.140. The van der Waals surface area contributed by atoms with Gasteiger partial charge in [-0.15, -0.1) is 0 Å². The van der Waals surface area contributed by atoms with Crippen LogP contribution in [0.1, 0.15) is 40.0 Å². The molecule has 2 heteroatoms. The molecule has 0 aromatic heterocycles. The highest BCUT2D eigenvalue weighted by molar-refractivity contribution is 5.09. The second-order valence-corrected chi connectivity index (χ2v) is 4.11. The number of hydrogen-bond donors (Lipinski definition) is 0. The van der Waals surface area contributed by atoms with Crippen LogP contribution in [-0.4, -0.2) is 5.92 Å². The van der Waals surface area contributed by atoms with Crippen LogP contribution in [0.2, 0.25) is 0 Å². The van der Waals surface area contributed by atoms with E-state index < -0.39 is 11.3 Å². The van der Waals surface area contributed by atoms with Crippen LogP contribution < -0.4 is 0 Å². The van der Waals surface area contributed by atoms with Crippen LogP contribution in [0.3, 0.4) is 0 Å². The lowest BCUT2D eigenvalue weighted by atomic mass is 9.91. The van der Waals surface area contributed by atoms with Gasteiger partial charge < -0.3 is 0 Å².